The van der Waals surface area contributed by atoms with E-state index in [1.54, 1.807) is 31.2 Å². The number of urea groups is 1. The van der Waals surface area contributed by atoms with Crippen molar-refractivity contribution in [3.8, 4) is 11.4 Å². The van der Waals surface area contributed by atoms with Gasteiger partial charge in [0.15, 0.2) is 0 Å². The molecule has 1 atom stereocenters. The van der Waals surface area contributed by atoms with Gasteiger partial charge in [-0.25, -0.2) is 4.79 Å². The van der Waals surface area contributed by atoms with E-state index in [9.17, 15) is 14.4 Å². The van der Waals surface area contributed by atoms with E-state index < -0.39 is 23.4 Å². The van der Waals surface area contributed by atoms with Crippen LogP contribution in [0, 0.1) is 6.92 Å². The van der Waals surface area contributed by atoms with Gasteiger partial charge in [-0.05, 0) is 24.1 Å². The molecule has 1 unspecified atom stereocenters. The van der Waals surface area contributed by atoms with Crippen LogP contribution in [-0.2, 0) is 21.7 Å². The number of hydrazine groups is 1. The summed E-state index contributed by atoms with van der Waals surface area (Å²) >= 11 is 0. The molecule has 10 nitrogen and oxygen atoms in total. The molecule has 1 aliphatic heterocycles. The van der Waals surface area contributed by atoms with Gasteiger partial charge in [0.2, 0.25) is 5.82 Å². The molecule has 0 spiro atoms. The Morgan fingerprint density at radius 1 is 1.10 bits per heavy atom. The Bertz CT molecular complexity index is 1130. The van der Waals surface area contributed by atoms with Gasteiger partial charge in [0.05, 0.1) is 0 Å². The summed E-state index contributed by atoms with van der Waals surface area (Å²) in [5.74, 6) is -0.806. The van der Waals surface area contributed by atoms with Crippen LogP contribution in [0.15, 0.2) is 54.6 Å². The van der Waals surface area contributed by atoms with E-state index in [4.69, 9.17) is 0 Å². The Balaban J connectivity index is 1.46. The van der Waals surface area contributed by atoms with Crippen LogP contribution in [0.1, 0.15) is 24.5 Å². The molecule has 0 saturated carbocycles. The van der Waals surface area contributed by atoms with Crippen LogP contribution in [-0.4, -0.2) is 43.1 Å². The molecule has 1 aliphatic rings. The molecule has 1 saturated heterocycles. The maximum atomic E-state index is 13.1. The predicted molar refractivity (Wildman–Crippen MR) is 110 cm³/mol. The Morgan fingerprint density at radius 2 is 1.81 bits per heavy atom. The number of amides is 4. The highest BCUT2D eigenvalue weighted by atomic mass is 16.2. The molecule has 0 radical (unpaired) electrons. The SMILES string of the molecule is CCC1(c2ccccc2)NC(=O)N(NC(=O)Cn2nnc(-c3ccc(C)cc3)n2)C1=O. The number of imide groups is 1. The van der Waals surface area contributed by atoms with Crippen LogP contribution in [0.2, 0.25) is 0 Å². The molecule has 1 fully saturated rings. The largest absolute Gasteiger partial charge is 0.344 e. The van der Waals surface area contributed by atoms with E-state index in [1.165, 1.54) is 0 Å². The first kappa shape index (κ1) is 20.2. The van der Waals surface area contributed by atoms with Crippen LogP contribution >= 0.6 is 0 Å². The van der Waals surface area contributed by atoms with Crippen molar-refractivity contribution in [2.24, 2.45) is 0 Å². The zero-order valence-corrected chi connectivity index (χ0v) is 17.1. The third kappa shape index (κ3) is 3.75. The summed E-state index contributed by atoms with van der Waals surface area (Å²) in [5.41, 5.74) is 3.63. The minimum Gasteiger partial charge on any atom is -0.318 e. The molecule has 4 rings (SSSR count). The second-order valence-corrected chi connectivity index (χ2v) is 7.24. The summed E-state index contributed by atoms with van der Waals surface area (Å²) in [5, 5.41) is 15.4. The van der Waals surface area contributed by atoms with Gasteiger partial charge >= 0.3 is 6.03 Å². The van der Waals surface area contributed by atoms with Gasteiger partial charge in [-0.2, -0.15) is 9.81 Å². The van der Waals surface area contributed by atoms with Gasteiger partial charge in [-0.15, -0.1) is 10.2 Å². The molecule has 2 N–H and O–H groups in total. The lowest BCUT2D eigenvalue weighted by molar-refractivity contribution is -0.139. The van der Waals surface area contributed by atoms with Crippen LogP contribution in [0.25, 0.3) is 11.4 Å². The van der Waals surface area contributed by atoms with Gasteiger partial charge in [0.1, 0.15) is 12.1 Å². The Morgan fingerprint density at radius 3 is 2.48 bits per heavy atom. The number of benzene rings is 2. The van der Waals surface area contributed by atoms with E-state index in [1.807, 2.05) is 37.3 Å². The average molecular weight is 419 g/mol. The van der Waals surface area contributed by atoms with Crippen LogP contribution in [0.3, 0.4) is 0 Å². The van der Waals surface area contributed by atoms with Gasteiger partial charge in [-0.3, -0.25) is 15.0 Å². The fourth-order valence-corrected chi connectivity index (χ4v) is 3.46. The summed E-state index contributed by atoms with van der Waals surface area (Å²) in [6, 6.07) is 15.8. The molecule has 0 aliphatic carbocycles. The number of nitrogens with zero attached hydrogens (tertiary/aromatic N) is 5. The summed E-state index contributed by atoms with van der Waals surface area (Å²) in [6.45, 7) is 3.46. The fourth-order valence-electron chi connectivity index (χ4n) is 3.46. The molecule has 2 heterocycles. The Labute approximate surface area is 178 Å². The van der Waals surface area contributed by atoms with Crippen molar-refractivity contribution in [1.82, 2.24) is 36.0 Å². The number of carbonyl (C=O) groups excluding carboxylic acids is 3. The second kappa shape index (κ2) is 7.98. The number of nitrogens with one attached hydrogen (secondary N) is 2. The molecular formula is C21H21N7O3. The summed E-state index contributed by atoms with van der Waals surface area (Å²) < 4.78 is 0. The molecule has 158 valence electrons. The highest BCUT2D eigenvalue weighted by Gasteiger charge is 2.52. The first-order valence-electron chi connectivity index (χ1n) is 9.79. The lowest BCUT2D eigenvalue weighted by atomic mass is 9.87. The zero-order chi connectivity index (χ0) is 22.0. The van der Waals surface area contributed by atoms with Crippen molar-refractivity contribution in [1.29, 1.82) is 0 Å². The Hall–Kier alpha value is -4.08. The molecule has 4 amide bonds. The summed E-state index contributed by atoms with van der Waals surface area (Å²) in [7, 11) is 0. The normalized spacial score (nSPS) is 18.2. The number of rotatable bonds is 6. The predicted octanol–water partition coefficient (Wildman–Crippen LogP) is 1.54. The number of hydrogen-bond donors (Lipinski definition) is 2. The molecule has 1 aromatic heterocycles. The van der Waals surface area contributed by atoms with Crippen LogP contribution in [0.5, 0.6) is 0 Å². The van der Waals surface area contributed by atoms with Gasteiger partial charge in [0.25, 0.3) is 11.8 Å². The summed E-state index contributed by atoms with van der Waals surface area (Å²) in [6.07, 6.45) is 0.332. The number of tetrazole rings is 1. The fraction of sp³-hybridized carbons (Fsp3) is 0.238. The monoisotopic (exact) mass is 419 g/mol. The first-order valence-corrected chi connectivity index (χ1v) is 9.79. The maximum absolute atomic E-state index is 13.1. The van der Waals surface area contributed by atoms with Crippen LogP contribution in [0.4, 0.5) is 4.79 Å². The van der Waals surface area contributed by atoms with E-state index in [2.05, 4.69) is 26.2 Å². The smallest absolute Gasteiger partial charge is 0.318 e. The van der Waals surface area contributed by atoms with Crippen LogP contribution < -0.4 is 10.7 Å². The van der Waals surface area contributed by atoms with Gasteiger partial charge in [0, 0.05) is 5.56 Å². The summed E-state index contributed by atoms with van der Waals surface area (Å²) in [4.78, 5) is 39.1. The molecule has 31 heavy (non-hydrogen) atoms. The number of carbonyl (C=O) groups is 3. The third-order valence-corrected chi connectivity index (χ3v) is 5.17. The molecule has 0 bridgehead atoms. The topological polar surface area (TPSA) is 122 Å². The van der Waals surface area contributed by atoms with Crippen molar-refractivity contribution in [2.45, 2.75) is 32.4 Å². The van der Waals surface area contributed by atoms with Crippen molar-refractivity contribution < 1.29 is 14.4 Å². The highest BCUT2D eigenvalue weighted by molar-refractivity contribution is 6.08. The molecular weight excluding hydrogens is 398 g/mol. The highest BCUT2D eigenvalue weighted by Crippen LogP contribution is 2.31. The number of hydrogen-bond acceptors (Lipinski definition) is 6. The lowest BCUT2D eigenvalue weighted by Crippen LogP contribution is -2.49. The standard InChI is InChI=1S/C21H21N7O3/c1-3-21(16-7-5-4-6-8-16)19(30)28(20(31)22-21)24-17(29)13-27-25-18(23-26-27)15-11-9-14(2)10-12-15/h4-12H,3,13H2,1-2H3,(H,22,31)(H,24,29). The average Bonchev–Trinajstić information content (AvgIpc) is 3.33. The second-order valence-electron chi connectivity index (χ2n) is 7.24. The van der Waals surface area contributed by atoms with Crippen molar-refractivity contribution in [2.75, 3.05) is 0 Å². The number of aromatic nitrogens is 4. The quantitative estimate of drug-likeness (QED) is 0.585. The van der Waals surface area contributed by atoms with Crippen molar-refractivity contribution in [3.05, 3.63) is 65.7 Å². The van der Waals surface area contributed by atoms with E-state index >= 15 is 0 Å². The van der Waals surface area contributed by atoms with Gasteiger partial charge in [-0.1, -0.05) is 67.1 Å². The Kier molecular flexibility index (Phi) is 5.20. The molecule has 10 heteroatoms. The zero-order valence-electron chi connectivity index (χ0n) is 17.1. The van der Waals surface area contributed by atoms with E-state index in [0.717, 1.165) is 15.9 Å². The molecule has 3 aromatic rings. The molecule has 2 aromatic carbocycles. The van der Waals surface area contributed by atoms with E-state index in [0.29, 0.717) is 22.8 Å². The van der Waals surface area contributed by atoms with Crippen molar-refractivity contribution in [3.63, 3.8) is 0 Å². The lowest BCUT2D eigenvalue weighted by Gasteiger charge is -2.25. The number of aryl methyl sites for hydroxylation is 1. The maximum Gasteiger partial charge on any atom is 0.344 e. The van der Waals surface area contributed by atoms with E-state index in [-0.39, 0.29) is 6.54 Å². The minimum atomic E-state index is -1.23. The minimum absolute atomic E-state index is 0.305. The van der Waals surface area contributed by atoms with Crippen molar-refractivity contribution >= 4 is 17.8 Å². The first-order chi connectivity index (χ1) is 14.9. The van der Waals surface area contributed by atoms with Gasteiger partial charge < -0.3 is 5.32 Å². The third-order valence-electron chi connectivity index (χ3n) is 5.17.